The molecule has 3 aromatic carbocycles. The van der Waals surface area contributed by atoms with Crippen LogP contribution in [0, 0.1) is 5.92 Å². The lowest BCUT2D eigenvalue weighted by atomic mass is 9.82. The van der Waals surface area contributed by atoms with E-state index in [1.807, 2.05) is 92.0 Å². The number of aryl methyl sites for hydroxylation is 1. The van der Waals surface area contributed by atoms with Crippen LogP contribution in [0.15, 0.2) is 91.1 Å². The predicted octanol–water partition coefficient (Wildman–Crippen LogP) is 4.67. The van der Waals surface area contributed by atoms with E-state index in [9.17, 15) is 24.6 Å². The molecule has 0 spiro atoms. The SMILES string of the molecule is C[C@H](/C=C/CCn1cc(C(CO)c2ccccc2)nn1)[C@@]1(O)C(=O)N(Cc2cccc(N3CCCC3=O)c2)c2ccc(N3CCCC3=O)cc21. The molecular weight excluding hydrogens is 632 g/mol. The van der Waals surface area contributed by atoms with Gasteiger partial charge >= 0.3 is 0 Å². The Morgan fingerprint density at radius 2 is 1.62 bits per heavy atom. The second-order valence-electron chi connectivity index (χ2n) is 13.4. The van der Waals surface area contributed by atoms with Crippen molar-refractivity contribution in [1.29, 1.82) is 0 Å². The molecule has 11 heteroatoms. The number of allylic oxidation sites excluding steroid dienone is 1. The fourth-order valence-corrected chi connectivity index (χ4v) is 7.39. The van der Waals surface area contributed by atoms with Crippen LogP contribution >= 0.6 is 0 Å². The van der Waals surface area contributed by atoms with Gasteiger partial charge in [-0.3, -0.25) is 19.1 Å². The summed E-state index contributed by atoms with van der Waals surface area (Å²) < 4.78 is 1.73. The van der Waals surface area contributed by atoms with E-state index in [0.717, 1.165) is 29.7 Å². The average Bonchev–Trinajstić information content (AvgIpc) is 3.93. The maximum absolute atomic E-state index is 14.3. The van der Waals surface area contributed by atoms with E-state index in [4.69, 9.17) is 0 Å². The van der Waals surface area contributed by atoms with Crippen molar-refractivity contribution in [1.82, 2.24) is 15.0 Å². The molecule has 1 aromatic heterocycles. The number of amides is 3. The van der Waals surface area contributed by atoms with Crippen molar-refractivity contribution in [2.45, 2.75) is 63.6 Å². The number of rotatable bonds is 12. The maximum atomic E-state index is 14.3. The Labute approximate surface area is 291 Å². The van der Waals surface area contributed by atoms with E-state index in [1.165, 1.54) is 0 Å². The molecule has 0 aliphatic carbocycles. The third kappa shape index (κ3) is 6.23. The minimum absolute atomic E-state index is 0.0289. The van der Waals surface area contributed by atoms with Gasteiger partial charge in [0.1, 0.15) is 0 Å². The number of aliphatic hydroxyl groups excluding tert-OH is 1. The van der Waals surface area contributed by atoms with E-state index in [1.54, 1.807) is 25.4 Å². The molecule has 4 heterocycles. The molecule has 11 nitrogen and oxygen atoms in total. The Balaban J connectivity index is 1.11. The lowest BCUT2D eigenvalue weighted by Crippen LogP contribution is -2.44. The number of aliphatic hydroxyl groups is 2. The van der Waals surface area contributed by atoms with E-state index in [2.05, 4.69) is 10.3 Å². The molecular formula is C39H42N6O5. The predicted molar refractivity (Wildman–Crippen MR) is 189 cm³/mol. The van der Waals surface area contributed by atoms with Gasteiger partial charge in [-0.15, -0.1) is 5.10 Å². The molecule has 2 saturated heterocycles. The van der Waals surface area contributed by atoms with Crippen LogP contribution in [0.4, 0.5) is 17.1 Å². The Hall–Kier alpha value is -5.13. The highest BCUT2D eigenvalue weighted by Crippen LogP contribution is 2.47. The number of aromatic nitrogens is 3. The Morgan fingerprint density at radius 1 is 0.900 bits per heavy atom. The van der Waals surface area contributed by atoms with Gasteiger partial charge in [0, 0.05) is 61.5 Å². The zero-order chi connectivity index (χ0) is 34.8. The topological polar surface area (TPSA) is 132 Å². The van der Waals surface area contributed by atoms with Crippen LogP contribution in [-0.2, 0) is 33.1 Å². The van der Waals surface area contributed by atoms with Crippen LogP contribution in [-0.4, -0.2) is 62.6 Å². The van der Waals surface area contributed by atoms with Crippen molar-refractivity contribution in [3.05, 3.63) is 114 Å². The van der Waals surface area contributed by atoms with Gasteiger partial charge in [-0.05, 0) is 60.7 Å². The highest BCUT2D eigenvalue weighted by molar-refractivity contribution is 6.08. The fraction of sp³-hybridized carbons (Fsp3) is 0.359. The van der Waals surface area contributed by atoms with Crippen LogP contribution in [0.1, 0.15) is 67.3 Å². The summed E-state index contributed by atoms with van der Waals surface area (Å²) in [4.78, 5) is 44.5. The van der Waals surface area contributed by atoms with Crippen LogP contribution < -0.4 is 14.7 Å². The molecule has 3 atom stereocenters. The highest BCUT2D eigenvalue weighted by atomic mass is 16.3. The Kier molecular flexibility index (Phi) is 9.35. The van der Waals surface area contributed by atoms with Crippen LogP contribution in [0.2, 0.25) is 0 Å². The molecule has 4 aromatic rings. The number of carbonyl (C=O) groups is 3. The standard InChI is InChI=1S/C39H42N6O5/c1-27(10-5-6-19-42-25-34(40-41-42)32(26-46)29-12-3-2-4-13-29)39(50)33-23-31(44-21-9-16-37(44)48)17-18-35(33)45(38(39)49)24-28-11-7-14-30(22-28)43-20-8-15-36(43)47/h2-5,7,10-14,17-18,22-23,25,27,32,46,50H,6,8-9,15-16,19-21,24,26H2,1H3/b10-5+/t27-,32?,39+/m1/s1. The van der Waals surface area contributed by atoms with Crippen molar-refractivity contribution < 1.29 is 24.6 Å². The second-order valence-corrected chi connectivity index (χ2v) is 13.4. The first-order chi connectivity index (χ1) is 24.3. The largest absolute Gasteiger partial charge is 0.395 e. The van der Waals surface area contributed by atoms with Crippen molar-refractivity contribution in [2.75, 3.05) is 34.4 Å². The third-order valence-corrected chi connectivity index (χ3v) is 10.2. The summed E-state index contributed by atoms with van der Waals surface area (Å²) in [6.45, 7) is 3.75. The number of fused-ring (bicyclic) bond motifs is 1. The van der Waals surface area contributed by atoms with Crippen LogP contribution in [0.3, 0.4) is 0 Å². The Bertz CT molecular complexity index is 1920. The molecule has 7 rings (SSSR count). The summed E-state index contributed by atoms with van der Waals surface area (Å²) >= 11 is 0. The van der Waals surface area contributed by atoms with E-state index < -0.39 is 17.4 Å². The minimum atomic E-state index is -1.86. The van der Waals surface area contributed by atoms with Gasteiger partial charge in [-0.25, -0.2) is 0 Å². The average molecular weight is 675 g/mol. The normalized spacial score (nSPS) is 20.4. The number of anilines is 3. The van der Waals surface area contributed by atoms with E-state index in [0.29, 0.717) is 61.5 Å². The first-order valence-corrected chi connectivity index (χ1v) is 17.4. The second kappa shape index (κ2) is 14.0. The molecule has 3 aliphatic heterocycles. The molecule has 0 bridgehead atoms. The molecule has 50 heavy (non-hydrogen) atoms. The van der Waals surface area contributed by atoms with Gasteiger partial charge in [0.25, 0.3) is 5.91 Å². The molecule has 3 amide bonds. The monoisotopic (exact) mass is 674 g/mol. The van der Waals surface area contributed by atoms with Gasteiger partial charge in [0.05, 0.1) is 30.5 Å². The van der Waals surface area contributed by atoms with E-state index in [-0.39, 0.29) is 30.9 Å². The summed E-state index contributed by atoms with van der Waals surface area (Å²) in [5.74, 6) is -1.18. The van der Waals surface area contributed by atoms with Gasteiger partial charge in [0.15, 0.2) is 5.60 Å². The number of benzene rings is 3. The zero-order valence-corrected chi connectivity index (χ0v) is 28.2. The molecule has 2 N–H and O–H groups in total. The smallest absolute Gasteiger partial charge is 0.264 e. The molecule has 258 valence electrons. The highest BCUT2D eigenvalue weighted by Gasteiger charge is 2.53. The summed E-state index contributed by atoms with van der Waals surface area (Å²) in [7, 11) is 0. The fourth-order valence-electron chi connectivity index (χ4n) is 7.39. The molecule has 1 unspecified atom stereocenters. The van der Waals surface area contributed by atoms with Gasteiger partial charge in [-0.2, -0.15) is 0 Å². The quantitative estimate of drug-likeness (QED) is 0.209. The maximum Gasteiger partial charge on any atom is 0.264 e. The number of carbonyl (C=O) groups excluding carboxylic acids is 3. The van der Waals surface area contributed by atoms with Gasteiger partial charge < -0.3 is 24.9 Å². The lowest BCUT2D eigenvalue weighted by Gasteiger charge is -2.28. The zero-order valence-electron chi connectivity index (χ0n) is 28.2. The van der Waals surface area contributed by atoms with Crippen LogP contribution in [0.5, 0.6) is 0 Å². The first kappa shape index (κ1) is 33.4. The summed E-state index contributed by atoms with van der Waals surface area (Å²) in [6.07, 6.45) is 8.79. The first-order valence-electron chi connectivity index (χ1n) is 17.4. The molecule has 0 saturated carbocycles. The summed E-state index contributed by atoms with van der Waals surface area (Å²) in [5.41, 5.74) is 3.17. The number of nitrogens with zero attached hydrogens (tertiary/aromatic N) is 6. The van der Waals surface area contributed by atoms with Crippen LogP contribution in [0.25, 0.3) is 0 Å². The number of hydrogen-bond donors (Lipinski definition) is 2. The van der Waals surface area contributed by atoms with Gasteiger partial charge in [0.2, 0.25) is 11.8 Å². The van der Waals surface area contributed by atoms with E-state index >= 15 is 0 Å². The lowest BCUT2D eigenvalue weighted by molar-refractivity contribution is -0.139. The van der Waals surface area contributed by atoms with Crippen molar-refractivity contribution in [2.24, 2.45) is 5.92 Å². The van der Waals surface area contributed by atoms with Crippen molar-refractivity contribution >= 4 is 34.8 Å². The Morgan fingerprint density at radius 3 is 2.30 bits per heavy atom. The molecule has 2 fully saturated rings. The third-order valence-electron chi connectivity index (χ3n) is 10.2. The minimum Gasteiger partial charge on any atom is -0.395 e. The number of hydrogen-bond acceptors (Lipinski definition) is 7. The molecule has 0 radical (unpaired) electrons. The summed E-state index contributed by atoms with van der Waals surface area (Å²) in [6, 6.07) is 22.8. The van der Waals surface area contributed by atoms with Gasteiger partial charge in [-0.1, -0.05) is 66.8 Å². The van der Waals surface area contributed by atoms with Crippen molar-refractivity contribution in [3.8, 4) is 0 Å². The molecule has 3 aliphatic rings. The van der Waals surface area contributed by atoms with Crippen molar-refractivity contribution in [3.63, 3.8) is 0 Å². The summed E-state index contributed by atoms with van der Waals surface area (Å²) in [5, 5.41) is 31.0.